The molecule has 0 bridgehead atoms. The third-order valence-corrected chi connectivity index (χ3v) is 3.74. The number of nitro groups is 1. The molecule has 0 aliphatic carbocycles. The monoisotopic (exact) mass is 415 g/mol. The highest BCUT2D eigenvalue weighted by Crippen LogP contribution is 2.37. The molecule has 2 aromatic rings. The summed E-state index contributed by atoms with van der Waals surface area (Å²) >= 11 is 6.30. The van der Waals surface area contributed by atoms with Crippen LogP contribution in [0.5, 0.6) is 11.5 Å². The number of aromatic carboxylic acids is 1. The number of hydrogen-bond acceptors (Lipinski definition) is 4. The Balaban J connectivity index is 2.41. The summed E-state index contributed by atoms with van der Waals surface area (Å²) in [6, 6.07) is 8.68. The minimum atomic E-state index is -1.10. The van der Waals surface area contributed by atoms with Gasteiger partial charge in [-0.05, 0) is 40.2 Å². The molecule has 0 spiro atoms. The number of ether oxygens (including phenoxy) is 1. The first kappa shape index (κ1) is 15.5. The van der Waals surface area contributed by atoms with Gasteiger partial charge < -0.3 is 9.84 Å². The maximum atomic E-state index is 11.0. The van der Waals surface area contributed by atoms with Gasteiger partial charge in [-0.2, -0.15) is 0 Å². The van der Waals surface area contributed by atoms with Crippen molar-refractivity contribution in [3.05, 3.63) is 61.0 Å². The molecule has 0 atom stereocenters. The van der Waals surface area contributed by atoms with Crippen LogP contribution in [0, 0.1) is 10.1 Å². The first-order valence-corrected chi connectivity index (χ1v) is 7.11. The number of benzene rings is 2. The van der Waals surface area contributed by atoms with E-state index in [9.17, 15) is 14.9 Å². The van der Waals surface area contributed by atoms with Crippen molar-refractivity contribution in [3.8, 4) is 11.5 Å². The van der Waals surface area contributed by atoms with Crippen molar-refractivity contribution in [2.24, 2.45) is 0 Å². The summed E-state index contributed by atoms with van der Waals surface area (Å²) in [5.41, 5.74) is -0.0955. The molecule has 0 aliphatic rings. The Bertz CT molecular complexity index is 732. The normalized spacial score (nSPS) is 10.2. The summed E-state index contributed by atoms with van der Waals surface area (Å²) in [5, 5.41) is 19.9. The van der Waals surface area contributed by atoms with Gasteiger partial charge in [0.2, 0.25) is 0 Å². The Morgan fingerprint density at radius 3 is 2.57 bits per heavy atom. The minimum Gasteiger partial charge on any atom is -0.478 e. The fraction of sp³-hybridized carbons (Fsp3) is 0. The molecule has 0 aliphatic heterocycles. The quantitative estimate of drug-likeness (QED) is 0.580. The average molecular weight is 417 g/mol. The molecule has 0 aromatic heterocycles. The highest BCUT2D eigenvalue weighted by atomic mass is 79.9. The van der Waals surface area contributed by atoms with Gasteiger partial charge in [-0.25, -0.2) is 4.79 Å². The molecule has 21 heavy (non-hydrogen) atoms. The summed E-state index contributed by atoms with van der Waals surface area (Å²) < 4.78 is 6.24. The maximum Gasteiger partial charge on any atom is 0.335 e. The van der Waals surface area contributed by atoms with Crippen LogP contribution in [-0.2, 0) is 0 Å². The van der Waals surface area contributed by atoms with Gasteiger partial charge in [0.1, 0.15) is 16.0 Å². The van der Waals surface area contributed by atoms with E-state index >= 15 is 0 Å². The maximum absolute atomic E-state index is 11.0. The topological polar surface area (TPSA) is 89.7 Å². The molecular formula is C13H7Br2NO5. The van der Waals surface area contributed by atoms with Gasteiger partial charge in [-0.3, -0.25) is 10.1 Å². The van der Waals surface area contributed by atoms with E-state index in [4.69, 9.17) is 9.84 Å². The van der Waals surface area contributed by atoms with Crippen LogP contribution < -0.4 is 4.74 Å². The molecule has 0 heterocycles. The predicted octanol–water partition coefficient (Wildman–Crippen LogP) is 4.61. The molecule has 0 fully saturated rings. The number of carboxylic acids is 1. The zero-order valence-electron chi connectivity index (χ0n) is 10.2. The van der Waals surface area contributed by atoms with Gasteiger partial charge in [-0.15, -0.1) is 0 Å². The fourth-order valence-corrected chi connectivity index (χ4v) is 2.55. The third-order valence-electron chi connectivity index (χ3n) is 2.49. The van der Waals surface area contributed by atoms with E-state index in [0.717, 1.165) is 0 Å². The van der Waals surface area contributed by atoms with Crippen LogP contribution in [0.4, 0.5) is 5.69 Å². The van der Waals surface area contributed by atoms with Crippen LogP contribution in [0.15, 0.2) is 45.3 Å². The number of carbonyl (C=O) groups is 1. The van der Waals surface area contributed by atoms with Crippen molar-refractivity contribution in [1.29, 1.82) is 0 Å². The lowest BCUT2D eigenvalue weighted by Crippen LogP contribution is -1.97. The molecular weight excluding hydrogens is 410 g/mol. The summed E-state index contributed by atoms with van der Waals surface area (Å²) in [6.45, 7) is 0. The van der Waals surface area contributed by atoms with Crippen molar-refractivity contribution in [1.82, 2.24) is 0 Å². The van der Waals surface area contributed by atoms with E-state index in [2.05, 4.69) is 31.9 Å². The van der Waals surface area contributed by atoms with Crippen LogP contribution in [-0.4, -0.2) is 16.0 Å². The Morgan fingerprint density at radius 1 is 1.24 bits per heavy atom. The minimum absolute atomic E-state index is 0.0425. The molecule has 0 amide bonds. The zero-order valence-corrected chi connectivity index (χ0v) is 13.4. The number of nitrogens with zero attached hydrogens (tertiary/aromatic N) is 1. The van der Waals surface area contributed by atoms with Crippen LogP contribution in [0.3, 0.4) is 0 Å². The van der Waals surface area contributed by atoms with E-state index in [1.165, 1.54) is 24.3 Å². The van der Waals surface area contributed by atoms with E-state index < -0.39 is 10.9 Å². The second-order valence-electron chi connectivity index (χ2n) is 3.93. The van der Waals surface area contributed by atoms with Crippen molar-refractivity contribution in [2.75, 3.05) is 0 Å². The second-order valence-corrected chi connectivity index (χ2v) is 5.64. The van der Waals surface area contributed by atoms with Crippen LogP contribution >= 0.6 is 31.9 Å². The Kier molecular flexibility index (Phi) is 4.59. The number of hydrogen-bond donors (Lipinski definition) is 1. The smallest absolute Gasteiger partial charge is 0.335 e. The molecule has 8 heteroatoms. The van der Waals surface area contributed by atoms with E-state index in [1.807, 2.05) is 0 Å². The Morgan fingerprint density at radius 2 is 1.95 bits per heavy atom. The summed E-state index contributed by atoms with van der Waals surface area (Å²) in [4.78, 5) is 21.3. The second kappa shape index (κ2) is 6.23. The molecule has 0 unspecified atom stereocenters. The van der Waals surface area contributed by atoms with Crippen molar-refractivity contribution in [3.63, 3.8) is 0 Å². The average Bonchev–Trinajstić information content (AvgIpc) is 2.40. The van der Waals surface area contributed by atoms with Gasteiger partial charge in [-0.1, -0.05) is 22.0 Å². The number of halogens is 2. The van der Waals surface area contributed by atoms with Crippen LogP contribution in [0.25, 0.3) is 0 Å². The van der Waals surface area contributed by atoms with Gasteiger partial charge in [0, 0.05) is 10.5 Å². The van der Waals surface area contributed by atoms with Gasteiger partial charge >= 0.3 is 5.97 Å². The lowest BCUT2D eigenvalue weighted by molar-refractivity contribution is -0.385. The lowest BCUT2D eigenvalue weighted by Gasteiger charge is -2.09. The highest BCUT2D eigenvalue weighted by molar-refractivity contribution is 9.11. The molecule has 1 N–H and O–H groups in total. The Hall–Kier alpha value is -1.93. The molecule has 108 valence electrons. The van der Waals surface area contributed by atoms with Crippen molar-refractivity contribution in [2.45, 2.75) is 0 Å². The molecule has 0 radical (unpaired) electrons. The van der Waals surface area contributed by atoms with Crippen molar-refractivity contribution < 1.29 is 19.6 Å². The molecule has 6 nitrogen and oxygen atoms in total. The highest BCUT2D eigenvalue weighted by Gasteiger charge is 2.17. The molecule has 2 aromatic carbocycles. The predicted molar refractivity (Wildman–Crippen MR) is 82.0 cm³/mol. The zero-order chi connectivity index (χ0) is 15.6. The summed E-state index contributed by atoms with van der Waals surface area (Å²) in [6.07, 6.45) is 0. The standard InChI is InChI=1S/C13H7Br2NO5/c14-8-4-7(13(17)18)5-9(6-8)21-11-3-1-2-10(12(11)15)16(19)20/h1-6H,(H,17,18). The van der Waals surface area contributed by atoms with Gasteiger partial charge in [0.15, 0.2) is 0 Å². The third kappa shape index (κ3) is 3.59. The van der Waals surface area contributed by atoms with Crippen molar-refractivity contribution >= 4 is 43.5 Å². The molecule has 0 saturated heterocycles. The van der Waals surface area contributed by atoms with E-state index in [1.54, 1.807) is 12.1 Å². The van der Waals surface area contributed by atoms with E-state index in [-0.39, 0.29) is 27.2 Å². The van der Waals surface area contributed by atoms with Gasteiger partial charge in [0.05, 0.1) is 10.5 Å². The summed E-state index contributed by atoms with van der Waals surface area (Å²) in [7, 11) is 0. The number of nitro benzene ring substituents is 1. The van der Waals surface area contributed by atoms with Gasteiger partial charge in [0.25, 0.3) is 5.69 Å². The first-order chi connectivity index (χ1) is 9.88. The molecule has 0 saturated carbocycles. The number of carboxylic acid groups (broad SMARTS) is 1. The van der Waals surface area contributed by atoms with E-state index in [0.29, 0.717) is 4.47 Å². The fourth-order valence-electron chi connectivity index (χ4n) is 1.59. The summed E-state index contributed by atoms with van der Waals surface area (Å²) in [5.74, 6) is -0.624. The Labute approximate surface area is 135 Å². The lowest BCUT2D eigenvalue weighted by atomic mass is 10.2. The number of rotatable bonds is 4. The van der Waals surface area contributed by atoms with Crippen LogP contribution in [0.2, 0.25) is 0 Å². The SMILES string of the molecule is O=C(O)c1cc(Br)cc(Oc2cccc([N+](=O)[O-])c2Br)c1. The van der Waals surface area contributed by atoms with Crippen LogP contribution in [0.1, 0.15) is 10.4 Å². The first-order valence-electron chi connectivity index (χ1n) is 5.53. The molecule has 2 rings (SSSR count). The largest absolute Gasteiger partial charge is 0.478 e.